The fraction of sp³-hybridized carbons (Fsp3) is 0.462. The summed E-state index contributed by atoms with van der Waals surface area (Å²) in [6.07, 6.45) is -4.97. The number of alkyl halides is 3. The van der Waals surface area contributed by atoms with Crippen molar-refractivity contribution < 1.29 is 31.1 Å². The van der Waals surface area contributed by atoms with Crippen LogP contribution in [-0.2, 0) is 19.6 Å². The van der Waals surface area contributed by atoms with E-state index in [9.17, 15) is 26.4 Å². The van der Waals surface area contributed by atoms with Gasteiger partial charge < -0.3 is 4.74 Å². The van der Waals surface area contributed by atoms with E-state index in [1.807, 2.05) is 4.72 Å². The maximum Gasteiger partial charge on any atom is 0.411 e. The molecule has 0 aliphatic heterocycles. The third-order valence-electron chi connectivity index (χ3n) is 2.62. The number of carbonyl (C=O) groups excluding carboxylic acids is 1. The first kappa shape index (κ1) is 18.4. The van der Waals surface area contributed by atoms with Crippen molar-refractivity contribution in [2.45, 2.75) is 31.3 Å². The van der Waals surface area contributed by atoms with Crippen LogP contribution in [0.4, 0.5) is 13.2 Å². The Morgan fingerprint density at radius 2 is 1.91 bits per heavy atom. The average molecular weight is 339 g/mol. The Kier molecular flexibility index (Phi) is 5.95. The number of halogens is 3. The molecule has 1 rings (SSSR count). The number of carbonyl (C=O) groups is 1. The fourth-order valence-corrected chi connectivity index (χ4v) is 2.95. The zero-order valence-corrected chi connectivity index (χ0v) is 12.8. The fourth-order valence-electron chi connectivity index (χ4n) is 1.61. The van der Waals surface area contributed by atoms with E-state index in [4.69, 9.17) is 0 Å². The van der Waals surface area contributed by atoms with Crippen LogP contribution in [0.3, 0.4) is 0 Å². The van der Waals surface area contributed by atoms with Crippen molar-refractivity contribution in [3.63, 3.8) is 0 Å². The molecule has 9 heteroatoms. The van der Waals surface area contributed by atoms with Gasteiger partial charge >= 0.3 is 6.18 Å². The van der Waals surface area contributed by atoms with Crippen molar-refractivity contribution in [3.8, 4) is 0 Å². The molecule has 0 bridgehead atoms. The van der Waals surface area contributed by atoms with Crippen LogP contribution in [0.15, 0.2) is 23.1 Å². The minimum absolute atomic E-state index is 0.0444. The molecule has 1 amide bonds. The Morgan fingerprint density at radius 3 is 2.50 bits per heavy atom. The summed E-state index contributed by atoms with van der Waals surface area (Å²) < 4.78 is 65.7. The highest BCUT2D eigenvalue weighted by atomic mass is 32.2. The molecule has 1 N–H and O–H groups in total. The second kappa shape index (κ2) is 7.10. The summed E-state index contributed by atoms with van der Waals surface area (Å²) in [7, 11) is -4.06. The third-order valence-corrected chi connectivity index (χ3v) is 4.14. The number of benzene rings is 1. The van der Waals surface area contributed by atoms with E-state index in [-0.39, 0.29) is 4.90 Å². The van der Waals surface area contributed by atoms with Crippen LogP contribution in [0.1, 0.15) is 17.5 Å². The molecule has 0 atom stereocenters. The average Bonchev–Trinajstić information content (AvgIpc) is 2.36. The van der Waals surface area contributed by atoms with Crippen molar-refractivity contribution in [2.75, 3.05) is 13.2 Å². The predicted octanol–water partition coefficient (Wildman–Crippen LogP) is 2.08. The number of ether oxygens (including phenoxy) is 1. The van der Waals surface area contributed by atoms with Crippen molar-refractivity contribution in [1.82, 2.24) is 4.72 Å². The Bertz CT molecular complexity index is 641. The molecule has 0 heterocycles. The Hall–Kier alpha value is -1.61. The molecule has 22 heavy (non-hydrogen) atoms. The normalized spacial score (nSPS) is 12.2. The van der Waals surface area contributed by atoms with Crippen LogP contribution in [0, 0.1) is 13.8 Å². The third kappa shape index (κ3) is 6.02. The molecule has 0 spiro atoms. The van der Waals surface area contributed by atoms with Crippen LogP contribution in [-0.4, -0.2) is 33.7 Å². The number of sulfonamides is 1. The molecular formula is C13H16F3NO4S. The summed E-state index contributed by atoms with van der Waals surface area (Å²) >= 11 is 0. The highest BCUT2D eigenvalue weighted by Gasteiger charge is 2.27. The van der Waals surface area contributed by atoms with E-state index < -0.39 is 41.7 Å². The molecule has 0 radical (unpaired) electrons. The minimum Gasteiger partial charge on any atom is -0.372 e. The van der Waals surface area contributed by atoms with Crippen LogP contribution in [0.25, 0.3) is 0 Å². The van der Waals surface area contributed by atoms with E-state index in [0.29, 0.717) is 11.1 Å². The lowest BCUT2D eigenvalue weighted by Crippen LogP contribution is -2.32. The lowest BCUT2D eigenvalue weighted by atomic mass is 10.2. The first-order valence-corrected chi connectivity index (χ1v) is 7.77. The zero-order valence-electron chi connectivity index (χ0n) is 12.0. The molecule has 5 nitrogen and oxygen atoms in total. The van der Waals surface area contributed by atoms with E-state index in [1.165, 1.54) is 6.07 Å². The molecular weight excluding hydrogens is 323 g/mol. The number of amides is 1. The zero-order chi connectivity index (χ0) is 17.0. The summed E-state index contributed by atoms with van der Waals surface area (Å²) in [5, 5.41) is 0. The van der Waals surface area contributed by atoms with Gasteiger partial charge in [0.25, 0.3) is 10.0 Å². The van der Waals surface area contributed by atoms with Crippen molar-refractivity contribution in [2.24, 2.45) is 0 Å². The van der Waals surface area contributed by atoms with Gasteiger partial charge in [-0.2, -0.15) is 13.2 Å². The quantitative estimate of drug-likeness (QED) is 0.806. The van der Waals surface area contributed by atoms with Gasteiger partial charge in [-0.05, 0) is 31.0 Å². The van der Waals surface area contributed by atoms with Gasteiger partial charge in [-0.15, -0.1) is 0 Å². The molecule has 0 aromatic heterocycles. The smallest absolute Gasteiger partial charge is 0.372 e. The molecule has 0 aliphatic rings. The Morgan fingerprint density at radius 1 is 1.27 bits per heavy atom. The maximum atomic E-state index is 12.1. The predicted molar refractivity (Wildman–Crippen MR) is 72.7 cm³/mol. The summed E-state index contributed by atoms with van der Waals surface area (Å²) in [6.45, 7) is 1.27. The highest BCUT2D eigenvalue weighted by Crippen LogP contribution is 2.17. The molecule has 1 aromatic rings. The second-order valence-electron chi connectivity index (χ2n) is 4.72. The van der Waals surface area contributed by atoms with E-state index in [2.05, 4.69) is 4.74 Å². The van der Waals surface area contributed by atoms with Gasteiger partial charge in [0.05, 0.1) is 17.9 Å². The number of hydrogen-bond acceptors (Lipinski definition) is 4. The first-order valence-electron chi connectivity index (χ1n) is 6.29. The Labute approximate surface area is 126 Å². The molecule has 124 valence electrons. The number of rotatable bonds is 6. The topological polar surface area (TPSA) is 72.5 Å². The molecule has 0 fully saturated rings. The molecule has 1 aromatic carbocycles. The number of hydrogen-bond donors (Lipinski definition) is 1. The largest absolute Gasteiger partial charge is 0.411 e. The van der Waals surface area contributed by atoms with Gasteiger partial charge in [0, 0.05) is 0 Å². The molecule has 0 unspecified atom stereocenters. The van der Waals surface area contributed by atoms with Gasteiger partial charge in [0.2, 0.25) is 5.91 Å². The molecule has 0 saturated heterocycles. The standard InChI is InChI=1S/C13H16F3NO4S/c1-9-3-4-10(2)11(7-9)22(19,20)17-12(18)5-6-21-8-13(14,15)16/h3-4,7H,5-6,8H2,1-2H3,(H,17,18). The molecule has 0 saturated carbocycles. The number of nitrogens with one attached hydrogen (secondary N) is 1. The summed E-state index contributed by atoms with van der Waals surface area (Å²) in [4.78, 5) is 11.5. The number of aryl methyl sites for hydroxylation is 2. The second-order valence-corrected chi connectivity index (χ2v) is 6.37. The highest BCUT2D eigenvalue weighted by molar-refractivity contribution is 7.90. The SMILES string of the molecule is Cc1ccc(C)c(S(=O)(=O)NC(=O)CCOCC(F)(F)F)c1. The van der Waals surface area contributed by atoms with Gasteiger partial charge in [0.15, 0.2) is 0 Å². The van der Waals surface area contributed by atoms with Crippen molar-refractivity contribution >= 4 is 15.9 Å². The van der Waals surface area contributed by atoms with Crippen molar-refractivity contribution in [1.29, 1.82) is 0 Å². The lowest BCUT2D eigenvalue weighted by molar-refractivity contribution is -0.174. The van der Waals surface area contributed by atoms with Crippen LogP contribution < -0.4 is 4.72 Å². The van der Waals surface area contributed by atoms with Gasteiger partial charge in [-0.1, -0.05) is 12.1 Å². The molecule has 0 aliphatic carbocycles. The lowest BCUT2D eigenvalue weighted by Gasteiger charge is -2.11. The first-order chi connectivity index (χ1) is 10.0. The summed E-state index contributed by atoms with van der Waals surface area (Å²) in [5.74, 6) is -0.928. The van der Waals surface area contributed by atoms with Crippen LogP contribution in [0.2, 0.25) is 0 Å². The Balaban J connectivity index is 2.61. The van der Waals surface area contributed by atoms with E-state index >= 15 is 0 Å². The summed E-state index contributed by atoms with van der Waals surface area (Å²) in [5.41, 5.74) is 1.16. The van der Waals surface area contributed by atoms with Crippen LogP contribution in [0.5, 0.6) is 0 Å². The van der Waals surface area contributed by atoms with E-state index in [1.54, 1.807) is 26.0 Å². The van der Waals surface area contributed by atoms with E-state index in [0.717, 1.165) is 0 Å². The monoisotopic (exact) mass is 339 g/mol. The van der Waals surface area contributed by atoms with Gasteiger partial charge in [-0.3, -0.25) is 4.79 Å². The van der Waals surface area contributed by atoms with Gasteiger partial charge in [0.1, 0.15) is 6.61 Å². The maximum absolute atomic E-state index is 12.1. The van der Waals surface area contributed by atoms with Crippen LogP contribution >= 0.6 is 0 Å². The van der Waals surface area contributed by atoms with Gasteiger partial charge in [-0.25, -0.2) is 13.1 Å². The minimum atomic E-state index is -4.48. The van der Waals surface area contributed by atoms with Crippen molar-refractivity contribution in [3.05, 3.63) is 29.3 Å². The summed E-state index contributed by atoms with van der Waals surface area (Å²) in [6, 6.07) is 4.73.